The zero-order valence-electron chi connectivity index (χ0n) is 18.4. The fourth-order valence-corrected chi connectivity index (χ4v) is 4.25. The number of aryl methyl sites for hydroxylation is 3. The number of hydrogen-bond acceptors (Lipinski definition) is 3. The molecule has 1 N–H and O–H groups in total. The van der Waals surface area contributed by atoms with Gasteiger partial charge in [-0.2, -0.15) is 0 Å². The highest BCUT2D eigenvalue weighted by Crippen LogP contribution is 2.33. The van der Waals surface area contributed by atoms with Crippen molar-refractivity contribution in [3.05, 3.63) is 105 Å². The zero-order valence-corrected chi connectivity index (χ0v) is 19.2. The summed E-state index contributed by atoms with van der Waals surface area (Å²) in [4.78, 5) is 28.3. The first kappa shape index (κ1) is 21.8. The molecule has 0 aromatic heterocycles. The molecule has 1 aliphatic heterocycles. The third-order valence-electron chi connectivity index (χ3n) is 5.73. The Balaban J connectivity index is 1.73. The normalized spacial score (nSPS) is 13.8. The number of carbonyl (C=O) groups is 2. The molecule has 5 heteroatoms. The van der Waals surface area contributed by atoms with Gasteiger partial charge in [-0.15, -0.1) is 0 Å². The highest BCUT2D eigenvalue weighted by Gasteiger charge is 2.39. The van der Waals surface area contributed by atoms with Crippen LogP contribution < -0.4 is 5.32 Å². The van der Waals surface area contributed by atoms with Crippen molar-refractivity contribution in [3.63, 3.8) is 0 Å². The maximum Gasteiger partial charge on any atom is 0.278 e. The second-order valence-electron chi connectivity index (χ2n) is 8.15. The van der Waals surface area contributed by atoms with Crippen molar-refractivity contribution in [2.24, 2.45) is 0 Å². The number of nitrogens with one attached hydrogen (secondary N) is 1. The van der Waals surface area contributed by atoms with Gasteiger partial charge in [0.05, 0.1) is 5.57 Å². The van der Waals surface area contributed by atoms with Crippen molar-refractivity contribution in [1.82, 2.24) is 4.90 Å². The Bertz CT molecular complexity index is 1230. The van der Waals surface area contributed by atoms with E-state index in [9.17, 15) is 9.59 Å². The highest BCUT2D eigenvalue weighted by atomic mass is 35.5. The summed E-state index contributed by atoms with van der Waals surface area (Å²) >= 11 is 6.10. The van der Waals surface area contributed by atoms with E-state index in [0.717, 1.165) is 33.5 Å². The molecule has 0 atom stereocenters. The van der Waals surface area contributed by atoms with Crippen LogP contribution in [0.4, 0.5) is 5.69 Å². The van der Waals surface area contributed by atoms with Gasteiger partial charge in [-0.25, -0.2) is 0 Å². The summed E-state index contributed by atoms with van der Waals surface area (Å²) in [6, 6.07) is 21.2. The number of nitrogens with zero attached hydrogens (tertiary/aromatic N) is 1. The Hall–Kier alpha value is -3.37. The molecule has 0 spiro atoms. The van der Waals surface area contributed by atoms with Crippen molar-refractivity contribution >= 4 is 34.7 Å². The van der Waals surface area contributed by atoms with E-state index in [0.29, 0.717) is 29.3 Å². The first-order valence-electron chi connectivity index (χ1n) is 10.6. The summed E-state index contributed by atoms with van der Waals surface area (Å²) in [7, 11) is 0. The molecule has 4 nitrogen and oxygen atoms in total. The average Bonchev–Trinajstić information content (AvgIpc) is 2.99. The molecular weight excluding hydrogens is 420 g/mol. The monoisotopic (exact) mass is 444 g/mol. The van der Waals surface area contributed by atoms with E-state index in [1.165, 1.54) is 4.90 Å². The molecule has 0 saturated carbocycles. The maximum atomic E-state index is 13.5. The first-order valence-corrected chi connectivity index (χ1v) is 11.0. The van der Waals surface area contributed by atoms with Crippen molar-refractivity contribution < 1.29 is 9.59 Å². The van der Waals surface area contributed by atoms with E-state index in [1.54, 1.807) is 6.07 Å². The number of rotatable bonds is 6. The van der Waals surface area contributed by atoms with Crippen LogP contribution in [0.1, 0.15) is 27.8 Å². The number of anilines is 1. The molecule has 1 heterocycles. The second-order valence-corrected chi connectivity index (χ2v) is 8.59. The molecule has 0 fully saturated rings. The van der Waals surface area contributed by atoms with Crippen molar-refractivity contribution in [2.75, 3.05) is 11.9 Å². The minimum absolute atomic E-state index is 0.271. The van der Waals surface area contributed by atoms with Crippen LogP contribution in [0, 0.1) is 20.8 Å². The minimum Gasteiger partial charge on any atom is -0.350 e. The summed E-state index contributed by atoms with van der Waals surface area (Å²) in [5, 5.41) is 3.86. The lowest BCUT2D eigenvalue weighted by molar-refractivity contribution is -0.136. The van der Waals surface area contributed by atoms with Crippen LogP contribution in [0.2, 0.25) is 5.02 Å². The molecule has 1 aliphatic rings. The van der Waals surface area contributed by atoms with Crippen LogP contribution in [0.15, 0.2) is 72.4 Å². The number of benzene rings is 3. The molecular formula is C27H25ClN2O2. The largest absolute Gasteiger partial charge is 0.350 e. The maximum absolute atomic E-state index is 13.5. The molecule has 0 unspecified atom stereocenters. The van der Waals surface area contributed by atoms with Gasteiger partial charge in [0.25, 0.3) is 11.8 Å². The lowest BCUT2D eigenvalue weighted by Gasteiger charge is -2.16. The van der Waals surface area contributed by atoms with E-state index >= 15 is 0 Å². The molecule has 3 aromatic carbocycles. The molecule has 0 aliphatic carbocycles. The molecule has 162 valence electrons. The number of amides is 2. The molecule has 0 bridgehead atoms. The molecule has 0 saturated heterocycles. The summed E-state index contributed by atoms with van der Waals surface area (Å²) in [6.07, 6.45) is 0.603. The van der Waals surface area contributed by atoms with Gasteiger partial charge in [0, 0.05) is 17.3 Å². The molecule has 3 aromatic rings. The molecule has 2 amide bonds. The van der Waals surface area contributed by atoms with Gasteiger partial charge in [-0.1, -0.05) is 65.7 Å². The van der Waals surface area contributed by atoms with E-state index < -0.39 is 0 Å². The predicted octanol–water partition coefficient (Wildman–Crippen LogP) is 5.70. The van der Waals surface area contributed by atoms with E-state index in [1.807, 2.05) is 81.4 Å². The van der Waals surface area contributed by atoms with E-state index in [-0.39, 0.29) is 11.8 Å². The average molecular weight is 445 g/mol. The Kier molecular flexibility index (Phi) is 6.15. The SMILES string of the molecule is Cc1ccc(C2=C(Nc3ccc(Cl)cc3C)C(=O)N(CCc3ccccc3)C2=O)c(C)c1. The van der Waals surface area contributed by atoms with Gasteiger partial charge in [0.15, 0.2) is 0 Å². The van der Waals surface area contributed by atoms with Crippen LogP contribution >= 0.6 is 11.6 Å². The Labute approximate surface area is 193 Å². The lowest BCUT2D eigenvalue weighted by atomic mass is 9.97. The van der Waals surface area contributed by atoms with Gasteiger partial charge in [0.1, 0.15) is 5.70 Å². The third kappa shape index (κ3) is 4.32. The van der Waals surface area contributed by atoms with Gasteiger partial charge >= 0.3 is 0 Å². The number of carbonyl (C=O) groups excluding carboxylic acids is 2. The number of hydrogen-bond donors (Lipinski definition) is 1. The Morgan fingerprint density at radius 3 is 2.28 bits per heavy atom. The van der Waals surface area contributed by atoms with Gasteiger partial charge in [-0.05, 0) is 67.6 Å². The predicted molar refractivity (Wildman–Crippen MR) is 130 cm³/mol. The van der Waals surface area contributed by atoms with E-state index in [2.05, 4.69) is 5.32 Å². The second kappa shape index (κ2) is 9.01. The quantitative estimate of drug-likeness (QED) is 0.496. The van der Waals surface area contributed by atoms with Crippen LogP contribution in [0.25, 0.3) is 5.57 Å². The fourth-order valence-electron chi connectivity index (χ4n) is 4.03. The molecule has 0 radical (unpaired) electrons. The Morgan fingerprint density at radius 2 is 1.59 bits per heavy atom. The van der Waals surface area contributed by atoms with E-state index in [4.69, 9.17) is 11.6 Å². The van der Waals surface area contributed by atoms with Crippen molar-refractivity contribution in [2.45, 2.75) is 27.2 Å². The Morgan fingerprint density at radius 1 is 0.844 bits per heavy atom. The molecule has 32 heavy (non-hydrogen) atoms. The number of halogens is 1. The summed E-state index contributed by atoms with van der Waals surface area (Å²) in [5.74, 6) is -0.581. The smallest absolute Gasteiger partial charge is 0.278 e. The minimum atomic E-state index is -0.310. The summed E-state index contributed by atoms with van der Waals surface area (Å²) in [5.41, 5.74) is 6.27. The van der Waals surface area contributed by atoms with Crippen LogP contribution in [0.5, 0.6) is 0 Å². The van der Waals surface area contributed by atoms with Crippen LogP contribution in [0.3, 0.4) is 0 Å². The van der Waals surface area contributed by atoms with Crippen LogP contribution in [-0.4, -0.2) is 23.3 Å². The van der Waals surface area contributed by atoms with Gasteiger partial charge in [0.2, 0.25) is 0 Å². The third-order valence-corrected chi connectivity index (χ3v) is 5.97. The van der Waals surface area contributed by atoms with Crippen LogP contribution in [-0.2, 0) is 16.0 Å². The topological polar surface area (TPSA) is 49.4 Å². The lowest BCUT2D eigenvalue weighted by Crippen LogP contribution is -2.34. The summed E-state index contributed by atoms with van der Waals surface area (Å²) in [6.45, 7) is 6.21. The van der Waals surface area contributed by atoms with Crippen molar-refractivity contribution in [1.29, 1.82) is 0 Å². The summed E-state index contributed by atoms with van der Waals surface area (Å²) < 4.78 is 0. The van der Waals surface area contributed by atoms with Gasteiger partial charge < -0.3 is 5.32 Å². The number of imide groups is 1. The first-order chi connectivity index (χ1) is 15.3. The standard InChI is InChI=1S/C27H25ClN2O2/c1-17-9-11-22(18(2)15-17)24-25(29-23-12-10-21(28)16-19(23)3)27(32)30(26(24)31)14-13-20-7-5-4-6-8-20/h4-12,15-16,29H,13-14H2,1-3H3. The highest BCUT2D eigenvalue weighted by molar-refractivity contribution is 6.36. The van der Waals surface area contributed by atoms with Gasteiger partial charge in [-0.3, -0.25) is 14.5 Å². The fraction of sp³-hybridized carbons (Fsp3) is 0.185. The van der Waals surface area contributed by atoms with Crippen molar-refractivity contribution in [3.8, 4) is 0 Å². The molecule has 4 rings (SSSR count). The zero-order chi connectivity index (χ0) is 22.8.